The summed E-state index contributed by atoms with van der Waals surface area (Å²) in [6.45, 7) is 9.59. The number of hydrogen-bond acceptors (Lipinski definition) is 3. The minimum absolute atomic E-state index is 0.0636. The van der Waals surface area contributed by atoms with Gasteiger partial charge in [-0.15, -0.1) is 0 Å². The number of ether oxygens (including phenoxy) is 1. The Morgan fingerprint density at radius 1 is 1.19 bits per heavy atom. The number of benzene rings is 1. The lowest BCUT2D eigenvalue weighted by atomic mass is 10.1. The average molecular weight is 393 g/mol. The van der Waals surface area contributed by atoms with Crippen LogP contribution in [0.4, 0.5) is 4.39 Å². The fourth-order valence-electron chi connectivity index (χ4n) is 2.07. The van der Waals surface area contributed by atoms with Crippen molar-refractivity contribution in [1.82, 2.24) is 9.78 Å². The topological polar surface area (TPSA) is 44.1 Å². The van der Waals surface area contributed by atoms with Gasteiger partial charge in [0.05, 0.1) is 30.5 Å². The van der Waals surface area contributed by atoms with E-state index in [9.17, 15) is 9.18 Å². The molecule has 0 spiro atoms. The lowest BCUT2D eigenvalue weighted by Crippen LogP contribution is -2.36. The van der Waals surface area contributed by atoms with Gasteiger partial charge in [0.2, 0.25) is 0 Å². The van der Waals surface area contributed by atoms with Crippen LogP contribution in [0.2, 0.25) is 5.02 Å². The molecule has 0 saturated heterocycles. The van der Waals surface area contributed by atoms with Gasteiger partial charge in [-0.1, -0.05) is 49.4 Å². The van der Waals surface area contributed by atoms with E-state index in [0.717, 1.165) is 11.1 Å². The summed E-state index contributed by atoms with van der Waals surface area (Å²) in [5, 5.41) is 4.21. The number of nitrogens with zero attached hydrogens (tertiary/aromatic N) is 2. The van der Waals surface area contributed by atoms with Gasteiger partial charge in [0, 0.05) is 5.56 Å². The molecule has 1 heterocycles. The van der Waals surface area contributed by atoms with Crippen molar-refractivity contribution in [3.63, 3.8) is 0 Å². The van der Waals surface area contributed by atoms with Gasteiger partial charge in [-0.2, -0.15) is 5.10 Å². The predicted octanol–water partition coefficient (Wildman–Crippen LogP) is 4.56. The standard InChI is InChI=1S/C19H20ClFN2O2.C2H6/c1-19(2,3)23-18(24)17(20)16(12-22-23)9-8-14-4-6-15(7-5-14)13-25-11-10-21;1-2/h4-7,12H,10-11,13H2,1-3H3;1-2H3. The van der Waals surface area contributed by atoms with Crippen LogP contribution >= 0.6 is 11.6 Å². The van der Waals surface area contributed by atoms with Gasteiger partial charge >= 0.3 is 0 Å². The van der Waals surface area contributed by atoms with Crippen LogP contribution < -0.4 is 5.56 Å². The van der Waals surface area contributed by atoms with Crippen molar-refractivity contribution in [2.75, 3.05) is 13.3 Å². The Labute approximate surface area is 165 Å². The van der Waals surface area contributed by atoms with E-state index >= 15 is 0 Å². The molecular formula is C21H26ClFN2O2. The molecule has 0 saturated carbocycles. The molecule has 0 aliphatic heterocycles. The first-order chi connectivity index (χ1) is 12.8. The highest BCUT2D eigenvalue weighted by molar-refractivity contribution is 6.31. The van der Waals surface area contributed by atoms with Crippen molar-refractivity contribution in [2.45, 2.75) is 46.8 Å². The molecule has 0 aliphatic rings. The maximum atomic E-state index is 12.3. The molecule has 0 radical (unpaired) electrons. The summed E-state index contributed by atoms with van der Waals surface area (Å²) >= 11 is 6.14. The number of alkyl halides is 1. The Hall–Kier alpha value is -2.16. The largest absolute Gasteiger partial charge is 0.374 e. The van der Waals surface area contributed by atoms with Gasteiger partial charge in [-0.25, -0.2) is 9.07 Å². The number of hydrogen-bond donors (Lipinski definition) is 0. The Morgan fingerprint density at radius 2 is 1.81 bits per heavy atom. The van der Waals surface area contributed by atoms with Gasteiger partial charge in [0.25, 0.3) is 5.56 Å². The molecule has 0 atom stereocenters. The summed E-state index contributed by atoms with van der Waals surface area (Å²) in [4.78, 5) is 12.3. The predicted molar refractivity (Wildman–Crippen MR) is 108 cm³/mol. The fraction of sp³-hybridized carbons (Fsp3) is 0.429. The van der Waals surface area contributed by atoms with E-state index in [1.165, 1.54) is 10.9 Å². The zero-order valence-corrected chi connectivity index (χ0v) is 17.2. The molecule has 0 amide bonds. The third kappa shape index (κ3) is 6.82. The first kappa shape index (κ1) is 22.9. The van der Waals surface area contributed by atoms with Crippen LogP contribution in [0.1, 0.15) is 51.3 Å². The summed E-state index contributed by atoms with van der Waals surface area (Å²) < 4.78 is 18.5. The monoisotopic (exact) mass is 392 g/mol. The van der Waals surface area contributed by atoms with E-state index in [1.807, 2.05) is 58.9 Å². The maximum Gasteiger partial charge on any atom is 0.287 e. The molecule has 2 aromatic rings. The van der Waals surface area contributed by atoms with E-state index in [2.05, 4.69) is 16.9 Å². The van der Waals surface area contributed by atoms with Gasteiger partial charge in [0.15, 0.2) is 0 Å². The minimum Gasteiger partial charge on any atom is -0.374 e. The van der Waals surface area contributed by atoms with Crippen molar-refractivity contribution in [3.05, 3.63) is 62.5 Å². The van der Waals surface area contributed by atoms with E-state index in [1.54, 1.807) is 0 Å². The smallest absolute Gasteiger partial charge is 0.287 e. The van der Waals surface area contributed by atoms with E-state index in [0.29, 0.717) is 12.2 Å². The van der Waals surface area contributed by atoms with E-state index < -0.39 is 12.2 Å². The Morgan fingerprint density at radius 3 is 2.37 bits per heavy atom. The highest BCUT2D eigenvalue weighted by Crippen LogP contribution is 2.13. The quantitative estimate of drug-likeness (QED) is 0.565. The average Bonchev–Trinajstić information content (AvgIpc) is 2.65. The number of rotatable bonds is 4. The highest BCUT2D eigenvalue weighted by Gasteiger charge is 2.18. The van der Waals surface area contributed by atoms with Crippen molar-refractivity contribution < 1.29 is 9.13 Å². The van der Waals surface area contributed by atoms with Crippen LogP contribution in [-0.2, 0) is 16.9 Å². The first-order valence-electron chi connectivity index (χ1n) is 8.86. The van der Waals surface area contributed by atoms with Crippen LogP contribution in [0.25, 0.3) is 0 Å². The fourth-order valence-corrected chi connectivity index (χ4v) is 2.24. The van der Waals surface area contributed by atoms with Crippen LogP contribution in [-0.4, -0.2) is 23.1 Å². The van der Waals surface area contributed by atoms with Crippen molar-refractivity contribution >= 4 is 11.6 Å². The molecule has 6 heteroatoms. The second-order valence-corrected chi connectivity index (χ2v) is 6.83. The van der Waals surface area contributed by atoms with Crippen LogP contribution in [0.3, 0.4) is 0 Å². The molecule has 0 bridgehead atoms. The molecule has 0 N–H and O–H groups in total. The van der Waals surface area contributed by atoms with E-state index in [-0.39, 0.29) is 17.2 Å². The van der Waals surface area contributed by atoms with Gasteiger partial charge in [-0.05, 0) is 38.5 Å². The molecule has 0 unspecified atom stereocenters. The van der Waals surface area contributed by atoms with Gasteiger partial charge < -0.3 is 4.74 Å². The molecule has 1 aromatic carbocycles. The van der Waals surface area contributed by atoms with Gasteiger partial charge in [-0.3, -0.25) is 4.79 Å². The third-order valence-electron chi connectivity index (χ3n) is 3.34. The molecule has 2 rings (SSSR count). The lowest BCUT2D eigenvalue weighted by molar-refractivity contribution is 0.106. The third-order valence-corrected chi connectivity index (χ3v) is 3.71. The summed E-state index contributed by atoms with van der Waals surface area (Å²) in [5.74, 6) is 5.84. The summed E-state index contributed by atoms with van der Waals surface area (Å²) in [6.07, 6.45) is 1.50. The number of halogens is 2. The summed E-state index contributed by atoms with van der Waals surface area (Å²) in [5.41, 5.74) is 1.29. The Kier molecular flexibility index (Phi) is 9.20. The molecule has 0 fully saturated rings. The molecular weight excluding hydrogens is 367 g/mol. The minimum atomic E-state index is -0.494. The number of aromatic nitrogens is 2. The van der Waals surface area contributed by atoms with Crippen molar-refractivity contribution in [1.29, 1.82) is 0 Å². The van der Waals surface area contributed by atoms with Crippen LogP contribution in [0, 0.1) is 11.8 Å². The van der Waals surface area contributed by atoms with E-state index in [4.69, 9.17) is 16.3 Å². The Bertz CT molecular complexity index is 844. The molecule has 1 aromatic heterocycles. The normalized spacial score (nSPS) is 10.5. The SMILES string of the molecule is CC.CC(C)(C)n1ncc(C#Cc2ccc(COCCF)cc2)c(Cl)c1=O. The second-order valence-electron chi connectivity index (χ2n) is 6.45. The first-order valence-corrected chi connectivity index (χ1v) is 9.23. The van der Waals surface area contributed by atoms with Gasteiger partial charge in [0.1, 0.15) is 11.7 Å². The molecule has 0 aliphatic carbocycles. The highest BCUT2D eigenvalue weighted by atomic mass is 35.5. The van der Waals surface area contributed by atoms with Crippen LogP contribution in [0.15, 0.2) is 35.3 Å². The molecule has 146 valence electrons. The lowest BCUT2D eigenvalue weighted by Gasteiger charge is -2.20. The van der Waals surface area contributed by atoms with Crippen molar-refractivity contribution in [2.24, 2.45) is 0 Å². The summed E-state index contributed by atoms with van der Waals surface area (Å²) in [7, 11) is 0. The van der Waals surface area contributed by atoms with Crippen LogP contribution in [0.5, 0.6) is 0 Å². The zero-order valence-electron chi connectivity index (χ0n) is 16.5. The van der Waals surface area contributed by atoms with Crippen molar-refractivity contribution in [3.8, 4) is 11.8 Å². The molecule has 27 heavy (non-hydrogen) atoms. The summed E-state index contributed by atoms with van der Waals surface area (Å²) in [6, 6.07) is 7.39. The zero-order chi connectivity index (χ0) is 20.4. The Balaban J connectivity index is 0.00000176. The maximum absolute atomic E-state index is 12.3. The second kappa shape index (κ2) is 10.9. The molecule has 4 nitrogen and oxygen atoms in total.